The number of rotatable bonds is 3. The smallest absolute Gasteiger partial charge is 0.251 e. The summed E-state index contributed by atoms with van der Waals surface area (Å²) in [5, 5.41) is 0. The third kappa shape index (κ3) is 2.11. The first-order chi connectivity index (χ1) is 9.78. The van der Waals surface area contributed by atoms with E-state index in [9.17, 15) is 4.79 Å². The Balaban J connectivity index is 1.69. The molecule has 4 rings (SSSR count). The number of nitrogens with zero attached hydrogens (tertiary/aromatic N) is 2. The molecule has 0 aliphatic heterocycles. The van der Waals surface area contributed by atoms with E-state index in [1.807, 2.05) is 24.3 Å². The molecule has 0 spiro atoms. The fourth-order valence-electron chi connectivity index (χ4n) is 2.45. The van der Waals surface area contributed by atoms with Gasteiger partial charge in [0, 0.05) is 12.0 Å². The molecule has 0 amide bonds. The van der Waals surface area contributed by atoms with Crippen molar-refractivity contribution in [2.45, 2.75) is 25.2 Å². The average molecular weight is 266 g/mol. The van der Waals surface area contributed by atoms with Gasteiger partial charge in [0.15, 0.2) is 0 Å². The average Bonchev–Trinajstić information content (AvgIpc) is 3.19. The highest BCUT2D eigenvalue weighted by Gasteiger charge is 2.25. The number of benzene rings is 1. The first kappa shape index (κ1) is 11.4. The maximum atomic E-state index is 11.7. The second kappa shape index (κ2) is 4.30. The molecular weight excluding hydrogens is 252 g/mol. The van der Waals surface area contributed by atoms with E-state index in [1.54, 1.807) is 6.07 Å². The van der Waals surface area contributed by atoms with Crippen molar-refractivity contribution in [3.05, 3.63) is 58.0 Å². The summed E-state index contributed by atoms with van der Waals surface area (Å²) in [4.78, 5) is 26.8. The lowest BCUT2D eigenvalue weighted by Gasteiger charge is -2.01. The summed E-state index contributed by atoms with van der Waals surface area (Å²) in [6, 6.07) is 9.49. The molecule has 2 aromatic heterocycles. The fourth-order valence-corrected chi connectivity index (χ4v) is 2.45. The standard InChI is InChI=1S/C15H14N4O/c20-15-7-12(9-5-6-9)18-14(19-15)8-13-16-10-3-1-2-4-11(10)17-13/h1-4,7,9H,5-6,8H2,(H,16,17)(H,18,19,20). The Morgan fingerprint density at radius 3 is 2.70 bits per heavy atom. The van der Waals surface area contributed by atoms with Crippen molar-refractivity contribution in [2.75, 3.05) is 0 Å². The SMILES string of the molecule is O=c1cc(C2CC2)nc(Cc2nc3ccccc3[nH]2)[nH]1. The summed E-state index contributed by atoms with van der Waals surface area (Å²) in [5.74, 6) is 1.98. The molecule has 3 aromatic rings. The molecule has 1 aliphatic carbocycles. The first-order valence-electron chi connectivity index (χ1n) is 6.82. The van der Waals surface area contributed by atoms with Crippen LogP contribution in [-0.2, 0) is 6.42 Å². The fraction of sp³-hybridized carbons (Fsp3) is 0.267. The van der Waals surface area contributed by atoms with Crippen LogP contribution in [0.1, 0.15) is 36.1 Å². The molecule has 5 heteroatoms. The van der Waals surface area contributed by atoms with Crippen LogP contribution < -0.4 is 5.56 Å². The number of aromatic amines is 2. The number of fused-ring (bicyclic) bond motifs is 1. The van der Waals surface area contributed by atoms with E-state index in [-0.39, 0.29) is 5.56 Å². The summed E-state index contributed by atoms with van der Waals surface area (Å²) < 4.78 is 0. The molecule has 100 valence electrons. The summed E-state index contributed by atoms with van der Waals surface area (Å²) in [6.07, 6.45) is 2.80. The zero-order valence-corrected chi connectivity index (χ0v) is 10.9. The van der Waals surface area contributed by atoms with Gasteiger partial charge in [0.25, 0.3) is 5.56 Å². The number of para-hydroxylation sites is 2. The summed E-state index contributed by atoms with van der Waals surface area (Å²) in [7, 11) is 0. The summed E-state index contributed by atoms with van der Waals surface area (Å²) in [5.41, 5.74) is 2.78. The lowest BCUT2D eigenvalue weighted by atomic mass is 10.2. The maximum Gasteiger partial charge on any atom is 0.251 e. The normalized spacial score (nSPS) is 14.8. The molecular formula is C15H14N4O. The molecule has 20 heavy (non-hydrogen) atoms. The molecule has 0 atom stereocenters. The minimum Gasteiger partial charge on any atom is -0.342 e. The monoisotopic (exact) mass is 266 g/mol. The molecule has 2 heterocycles. The van der Waals surface area contributed by atoms with Crippen molar-refractivity contribution in [3.63, 3.8) is 0 Å². The highest BCUT2D eigenvalue weighted by atomic mass is 16.1. The van der Waals surface area contributed by atoms with Gasteiger partial charge >= 0.3 is 0 Å². The van der Waals surface area contributed by atoms with E-state index in [2.05, 4.69) is 19.9 Å². The largest absolute Gasteiger partial charge is 0.342 e. The van der Waals surface area contributed by atoms with E-state index in [4.69, 9.17) is 0 Å². The molecule has 1 aliphatic rings. The van der Waals surface area contributed by atoms with Gasteiger partial charge in [-0.25, -0.2) is 9.97 Å². The molecule has 1 fully saturated rings. The lowest BCUT2D eigenvalue weighted by molar-refractivity contribution is 0.858. The number of hydrogen-bond donors (Lipinski definition) is 2. The van der Waals surface area contributed by atoms with E-state index < -0.39 is 0 Å². The number of nitrogens with one attached hydrogen (secondary N) is 2. The molecule has 1 aromatic carbocycles. The molecule has 2 N–H and O–H groups in total. The van der Waals surface area contributed by atoms with Gasteiger partial charge in [-0.2, -0.15) is 0 Å². The molecule has 5 nitrogen and oxygen atoms in total. The summed E-state index contributed by atoms with van der Waals surface area (Å²) >= 11 is 0. The van der Waals surface area contributed by atoms with Gasteiger partial charge in [0.05, 0.1) is 23.1 Å². The van der Waals surface area contributed by atoms with Crippen molar-refractivity contribution >= 4 is 11.0 Å². The topological polar surface area (TPSA) is 74.4 Å². The Labute approximate surface area is 115 Å². The highest BCUT2D eigenvalue weighted by Crippen LogP contribution is 2.38. The van der Waals surface area contributed by atoms with Crippen molar-refractivity contribution in [2.24, 2.45) is 0 Å². The van der Waals surface area contributed by atoms with Crippen LogP contribution in [0.2, 0.25) is 0 Å². The minimum atomic E-state index is -0.0759. The predicted octanol–water partition coefficient (Wildman–Crippen LogP) is 2.11. The van der Waals surface area contributed by atoms with Crippen LogP contribution in [0, 0.1) is 0 Å². The summed E-state index contributed by atoms with van der Waals surface area (Å²) in [6.45, 7) is 0. The van der Waals surface area contributed by atoms with Crippen molar-refractivity contribution in [3.8, 4) is 0 Å². The zero-order chi connectivity index (χ0) is 13.5. The number of aromatic nitrogens is 4. The first-order valence-corrected chi connectivity index (χ1v) is 6.82. The molecule has 0 bridgehead atoms. The van der Waals surface area contributed by atoms with Gasteiger partial charge in [-0.15, -0.1) is 0 Å². The van der Waals surface area contributed by atoms with E-state index in [0.717, 1.165) is 35.4 Å². The predicted molar refractivity (Wildman–Crippen MR) is 75.7 cm³/mol. The van der Waals surface area contributed by atoms with Gasteiger partial charge in [0.2, 0.25) is 0 Å². The Morgan fingerprint density at radius 2 is 1.90 bits per heavy atom. The zero-order valence-electron chi connectivity index (χ0n) is 10.9. The highest BCUT2D eigenvalue weighted by molar-refractivity contribution is 5.74. The number of H-pyrrole nitrogens is 2. The van der Waals surface area contributed by atoms with Gasteiger partial charge < -0.3 is 9.97 Å². The van der Waals surface area contributed by atoms with E-state index in [1.165, 1.54) is 0 Å². The van der Waals surface area contributed by atoms with Crippen LogP contribution in [0.3, 0.4) is 0 Å². The molecule has 0 radical (unpaired) electrons. The van der Waals surface area contributed by atoms with Crippen molar-refractivity contribution in [1.82, 2.24) is 19.9 Å². The van der Waals surface area contributed by atoms with Crippen molar-refractivity contribution in [1.29, 1.82) is 0 Å². The van der Waals surface area contributed by atoms with E-state index in [0.29, 0.717) is 18.2 Å². The Morgan fingerprint density at radius 1 is 1.10 bits per heavy atom. The second-order valence-electron chi connectivity index (χ2n) is 5.27. The Kier molecular flexibility index (Phi) is 2.45. The maximum absolute atomic E-state index is 11.7. The lowest BCUT2D eigenvalue weighted by Crippen LogP contribution is -2.13. The van der Waals surface area contributed by atoms with Gasteiger partial charge in [0.1, 0.15) is 11.6 Å². The van der Waals surface area contributed by atoms with Crippen LogP contribution in [0.5, 0.6) is 0 Å². The number of hydrogen-bond acceptors (Lipinski definition) is 3. The van der Waals surface area contributed by atoms with Crippen LogP contribution >= 0.6 is 0 Å². The quantitative estimate of drug-likeness (QED) is 0.762. The molecule has 0 saturated heterocycles. The minimum absolute atomic E-state index is 0.0759. The Bertz CT molecular complexity index is 796. The third-order valence-corrected chi connectivity index (χ3v) is 3.58. The van der Waals surface area contributed by atoms with Gasteiger partial charge in [-0.3, -0.25) is 4.79 Å². The Hall–Kier alpha value is -2.43. The van der Waals surface area contributed by atoms with Gasteiger partial charge in [-0.05, 0) is 25.0 Å². The van der Waals surface area contributed by atoms with Crippen molar-refractivity contribution < 1.29 is 0 Å². The second-order valence-corrected chi connectivity index (χ2v) is 5.27. The van der Waals surface area contributed by atoms with Crippen LogP contribution in [0.15, 0.2) is 35.1 Å². The van der Waals surface area contributed by atoms with Crippen LogP contribution in [-0.4, -0.2) is 19.9 Å². The van der Waals surface area contributed by atoms with E-state index >= 15 is 0 Å². The number of imidazole rings is 1. The van der Waals surface area contributed by atoms with Crippen LogP contribution in [0.25, 0.3) is 11.0 Å². The van der Waals surface area contributed by atoms with Crippen LogP contribution in [0.4, 0.5) is 0 Å². The molecule has 0 unspecified atom stereocenters. The third-order valence-electron chi connectivity index (χ3n) is 3.58. The molecule has 1 saturated carbocycles. The van der Waals surface area contributed by atoms with Gasteiger partial charge in [-0.1, -0.05) is 12.1 Å².